The zero-order valence-electron chi connectivity index (χ0n) is 19.7. The average molecular weight is 446 g/mol. The monoisotopic (exact) mass is 445 g/mol. The summed E-state index contributed by atoms with van der Waals surface area (Å²) in [5, 5.41) is 2.93. The van der Waals surface area contributed by atoms with Crippen LogP contribution in [-0.4, -0.2) is 59.6 Å². The molecule has 0 aromatic carbocycles. The maximum Gasteiger partial charge on any atom is 0.253 e. The topological polar surface area (TPSA) is 86.8 Å². The lowest BCUT2D eigenvalue weighted by Crippen LogP contribution is -2.38. The molecule has 2 aliphatic rings. The smallest absolute Gasteiger partial charge is 0.253 e. The highest BCUT2D eigenvalue weighted by Gasteiger charge is 2.23. The summed E-state index contributed by atoms with van der Waals surface area (Å²) in [6, 6.07) is 0. The maximum absolute atomic E-state index is 12.4. The van der Waals surface area contributed by atoms with E-state index in [0.717, 1.165) is 58.0 Å². The Morgan fingerprint density at radius 3 is 2.25 bits per heavy atom. The summed E-state index contributed by atoms with van der Waals surface area (Å²) in [7, 11) is 0. The number of nitrogens with zero attached hydrogens (tertiary/aromatic N) is 2. The van der Waals surface area contributed by atoms with Crippen molar-refractivity contribution in [3.05, 3.63) is 23.8 Å². The normalized spacial score (nSPS) is 17.4. The van der Waals surface area contributed by atoms with Crippen LogP contribution in [0.3, 0.4) is 0 Å². The van der Waals surface area contributed by atoms with E-state index < -0.39 is 0 Å². The molecule has 7 heteroatoms. The van der Waals surface area contributed by atoms with Crippen LogP contribution in [0.1, 0.15) is 78.1 Å². The lowest BCUT2D eigenvalue weighted by atomic mass is 9.90. The first-order valence-corrected chi connectivity index (χ1v) is 12.1. The quantitative estimate of drug-likeness (QED) is 0.268. The molecular weight excluding hydrogens is 406 g/mol. The number of imide groups is 1. The summed E-state index contributed by atoms with van der Waals surface area (Å²) < 4.78 is 0. The highest BCUT2D eigenvalue weighted by molar-refractivity contribution is 6.12. The van der Waals surface area contributed by atoms with Crippen molar-refractivity contribution in [2.24, 2.45) is 5.92 Å². The Balaban J connectivity index is 1.42. The third-order valence-corrected chi connectivity index (χ3v) is 6.52. The second-order valence-corrected chi connectivity index (χ2v) is 8.82. The number of nitrogens with one attached hydrogen (secondary N) is 1. The zero-order valence-corrected chi connectivity index (χ0v) is 19.7. The van der Waals surface area contributed by atoms with Crippen LogP contribution in [0.25, 0.3) is 0 Å². The van der Waals surface area contributed by atoms with Gasteiger partial charge in [0, 0.05) is 51.2 Å². The van der Waals surface area contributed by atoms with E-state index in [4.69, 9.17) is 0 Å². The Hall–Kier alpha value is -2.44. The number of rotatable bonds is 13. The molecule has 0 aromatic heterocycles. The van der Waals surface area contributed by atoms with Gasteiger partial charge in [-0.15, -0.1) is 0 Å². The first-order valence-electron chi connectivity index (χ1n) is 12.1. The molecule has 2 aliphatic heterocycles. The van der Waals surface area contributed by atoms with E-state index in [2.05, 4.69) is 25.2 Å². The molecule has 1 N–H and O–H groups in total. The fraction of sp³-hybridized carbons (Fsp3) is 0.680. The largest absolute Gasteiger partial charge is 0.356 e. The highest BCUT2D eigenvalue weighted by atomic mass is 16.2. The lowest BCUT2D eigenvalue weighted by molar-refractivity contribution is -0.137. The molecule has 178 valence electrons. The van der Waals surface area contributed by atoms with E-state index in [1.807, 2.05) is 4.90 Å². The van der Waals surface area contributed by atoms with Crippen molar-refractivity contribution >= 4 is 23.6 Å². The van der Waals surface area contributed by atoms with Crippen molar-refractivity contribution in [1.82, 2.24) is 15.1 Å². The fourth-order valence-corrected chi connectivity index (χ4v) is 4.26. The number of carbonyl (C=O) groups is 4. The van der Waals surface area contributed by atoms with E-state index in [9.17, 15) is 19.2 Å². The molecule has 0 unspecified atom stereocenters. The number of allylic oxidation sites excluding steroid dienone is 2. The molecule has 0 saturated carbocycles. The van der Waals surface area contributed by atoms with Gasteiger partial charge >= 0.3 is 0 Å². The number of hydrogen-bond acceptors (Lipinski definition) is 4. The van der Waals surface area contributed by atoms with Crippen LogP contribution in [0.5, 0.6) is 0 Å². The summed E-state index contributed by atoms with van der Waals surface area (Å²) in [6.45, 7) is 7.05. The predicted molar refractivity (Wildman–Crippen MR) is 125 cm³/mol. The molecule has 32 heavy (non-hydrogen) atoms. The van der Waals surface area contributed by atoms with Crippen LogP contribution < -0.4 is 5.32 Å². The van der Waals surface area contributed by atoms with Gasteiger partial charge in [-0.1, -0.05) is 24.5 Å². The Bertz CT molecular complexity index is 703. The summed E-state index contributed by atoms with van der Waals surface area (Å²) in [5.41, 5.74) is 1.44. The van der Waals surface area contributed by atoms with E-state index >= 15 is 0 Å². The van der Waals surface area contributed by atoms with Gasteiger partial charge in [-0.2, -0.15) is 0 Å². The minimum Gasteiger partial charge on any atom is -0.356 e. The van der Waals surface area contributed by atoms with E-state index in [-0.39, 0.29) is 23.6 Å². The summed E-state index contributed by atoms with van der Waals surface area (Å²) in [6.07, 6.45) is 12.9. The van der Waals surface area contributed by atoms with Crippen molar-refractivity contribution in [3.8, 4) is 0 Å². The average Bonchev–Trinajstić information content (AvgIpc) is 3.12. The van der Waals surface area contributed by atoms with Gasteiger partial charge in [-0.3, -0.25) is 24.1 Å². The Kier molecular flexibility index (Phi) is 11.2. The standard InChI is InChI=1S/C25H39N3O4/c1-3-20(2)21-14-18-27(19-15-21)23(30)11-7-4-8-16-26-22(29)10-6-5-9-17-28-24(31)12-13-25(28)32/h3,12-13,21H,4-11,14-19H2,1-2H3,(H,26,29)/b20-3-. The third-order valence-electron chi connectivity index (χ3n) is 6.52. The summed E-state index contributed by atoms with van der Waals surface area (Å²) in [5.74, 6) is 0.425. The second kappa shape index (κ2) is 13.9. The van der Waals surface area contributed by atoms with E-state index in [1.54, 1.807) is 0 Å². The molecule has 1 saturated heterocycles. The molecule has 2 rings (SSSR count). The Morgan fingerprint density at radius 1 is 0.969 bits per heavy atom. The predicted octanol–water partition coefficient (Wildman–Crippen LogP) is 3.35. The number of piperidine rings is 1. The van der Waals surface area contributed by atoms with Crippen LogP contribution in [0.4, 0.5) is 0 Å². The molecule has 0 aromatic rings. The molecule has 7 nitrogen and oxygen atoms in total. The van der Waals surface area contributed by atoms with Gasteiger partial charge in [0.25, 0.3) is 11.8 Å². The van der Waals surface area contributed by atoms with Gasteiger partial charge in [0.2, 0.25) is 11.8 Å². The fourth-order valence-electron chi connectivity index (χ4n) is 4.26. The Labute approximate surface area is 192 Å². The van der Waals surface area contributed by atoms with Crippen LogP contribution in [0, 0.1) is 5.92 Å². The van der Waals surface area contributed by atoms with Gasteiger partial charge in [-0.05, 0) is 58.3 Å². The minimum atomic E-state index is -0.251. The van der Waals surface area contributed by atoms with Crippen molar-refractivity contribution < 1.29 is 19.2 Å². The van der Waals surface area contributed by atoms with Crippen LogP contribution >= 0.6 is 0 Å². The molecule has 0 atom stereocenters. The molecule has 0 aliphatic carbocycles. The van der Waals surface area contributed by atoms with E-state index in [1.165, 1.54) is 22.6 Å². The number of hydrogen-bond donors (Lipinski definition) is 1. The molecule has 2 heterocycles. The number of likely N-dealkylation sites (tertiary alicyclic amines) is 1. The summed E-state index contributed by atoms with van der Waals surface area (Å²) >= 11 is 0. The summed E-state index contributed by atoms with van der Waals surface area (Å²) in [4.78, 5) is 50.4. The van der Waals surface area contributed by atoms with Crippen LogP contribution in [0.15, 0.2) is 23.8 Å². The van der Waals surface area contributed by atoms with Crippen LogP contribution in [-0.2, 0) is 19.2 Å². The number of amides is 4. The number of unbranched alkanes of at least 4 members (excludes halogenated alkanes) is 4. The minimum absolute atomic E-state index is 0.0374. The maximum atomic E-state index is 12.4. The lowest BCUT2D eigenvalue weighted by Gasteiger charge is -2.32. The highest BCUT2D eigenvalue weighted by Crippen LogP contribution is 2.24. The van der Waals surface area contributed by atoms with Crippen molar-refractivity contribution in [2.75, 3.05) is 26.2 Å². The van der Waals surface area contributed by atoms with E-state index in [0.29, 0.717) is 38.3 Å². The zero-order chi connectivity index (χ0) is 23.3. The van der Waals surface area contributed by atoms with Crippen molar-refractivity contribution in [1.29, 1.82) is 0 Å². The van der Waals surface area contributed by atoms with Crippen molar-refractivity contribution in [3.63, 3.8) is 0 Å². The second-order valence-electron chi connectivity index (χ2n) is 8.82. The molecule has 0 radical (unpaired) electrons. The van der Waals surface area contributed by atoms with Crippen LogP contribution in [0.2, 0.25) is 0 Å². The molecule has 0 spiro atoms. The van der Waals surface area contributed by atoms with Gasteiger partial charge in [-0.25, -0.2) is 0 Å². The van der Waals surface area contributed by atoms with Gasteiger partial charge < -0.3 is 10.2 Å². The van der Waals surface area contributed by atoms with Gasteiger partial charge in [0.05, 0.1) is 0 Å². The number of carbonyl (C=O) groups excluding carboxylic acids is 4. The van der Waals surface area contributed by atoms with Crippen molar-refractivity contribution in [2.45, 2.75) is 78.1 Å². The van der Waals surface area contributed by atoms with Gasteiger partial charge in [0.1, 0.15) is 0 Å². The molecule has 4 amide bonds. The first-order chi connectivity index (χ1) is 15.4. The SMILES string of the molecule is C/C=C(/C)C1CCN(C(=O)CCCCCNC(=O)CCCCCN2C(=O)C=CC2=O)CC1. The molecule has 1 fully saturated rings. The van der Waals surface area contributed by atoms with Gasteiger partial charge in [0.15, 0.2) is 0 Å². The third kappa shape index (κ3) is 8.60. The molecule has 0 bridgehead atoms. The first kappa shape index (κ1) is 25.8. The Morgan fingerprint density at radius 2 is 1.59 bits per heavy atom. The molecular formula is C25H39N3O4.